The molecular weight excluding hydrogens is 238 g/mol. The second kappa shape index (κ2) is 5.19. The second-order valence-corrected chi connectivity index (χ2v) is 4.43. The molecule has 1 aliphatic rings. The summed E-state index contributed by atoms with van der Waals surface area (Å²) < 4.78 is 0. The molecule has 0 aromatic heterocycles. The van der Waals surface area contributed by atoms with Gasteiger partial charge >= 0.3 is 6.03 Å². The van der Waals surface area contributed by atoms with Gasteiger partial charge in [-0.1, -0.05) is 17.7 Å². The highest BCUT2D eigenvalue weighted by Gasteiger charge is 2.15. The first-order chi connectivity index (χ1) is 8.15. The lowest BCUT2D eigenvalue weighted by Gasteiger charge is -2.10. The van der Waals surface area contributed by atoms with Crippen LogP contribution in [0, 0.1) is 0 Å². The molecule has 2 rings (SSSR count). The molecule has 1 aromatic carbocycles. The Kier molecular flexibility index (Phi) is 3.64. The molecule has 0 atom stereocenters. The third kappa shape index (κ3) is 3.20. The molecule has 0 bridgehead atoms. The Morgan fingerprint density at radius 1 is 1.53 bits per heavy atom. The minimum absolute atomic E-state index is 0.351. The number of aliphatic imine (C=N–C) groups is 1. The third-order valence-electron chi connectivity index (χ3n) is 2.64. The standard InChI is InChI=1S/C12H14ClN3O/c1-16-7-3-6-11(16)15-12(17)14-10-5-2-4-9(13)8-10/h2,4-5,8H,3,6-7H2,1H3,(H,14,17). The van der Waals surface area contributed by atoms with Crippen molar-refractivity contribution in [1.29, 1.82) is 0 Å². The Morgan fingerprint density at radius 3 is 3.00 bits per heavy atom. The van der Waals surface area contributed by atoms with Gasteiger partial charge in [0, 0.05) is 30.7 Å². The molecule has 1 aromatic rings. The fourth-order valence-electron chi connectivity index (χ4n) is 1.77. The van der Waals surface area contributed by atoms with Crippen LogP contribution in [0.1, 0.15) is 12.8 Å². The summed E-state index contributed by atoms with van der Waals surface area (Å²) in [5.74, 6) is 0.838. The van der Waals surface area contributed by atoms with E-state index in [-0.39, 0.29) is 6.03 Å². The largest absolute Gasteiger partial charge is 0.363 e. The van der Waals surface area contributed by atoms with Crippen LogP contribution >= 0.6 is 11.6 Å². The van der Waals surface area contributed by atoms with E-state index in [2.05, 4.69) is 10.3 Å². The summed E-state index contributed by atoms with van der Waals surface area (Å²) in [6, 6.07) is 6.66. The van der Waals surface area contributed by atoms with Gasteiger partial charge in [-0.05, 0) is 24.6 Å². The van der Waals surface area contributed by atoms with Crippen LogP contribution in [-0.4, -0.2) is 30.4 Å². The van der Waals surface area contributed by atoms with E-state index in [0.29, 0.717) is 10.7 Å². The van der Waals surface area contributed by atoms with Crippen LogP contribution in [-0.2, 0) is 0 Å². The van der Waals surface area contributed by atoms with E-state index in [1.807, 2.05) is 11.9 Å². The number of rotatable bonds is 1. The predicted molar refractivity (Wildman–Crippen MR) is 69.8 cm³/mol. The van der Waals surface area contributed by atoms with Crippen LogP contribution in [0.15, 0.2) is 29.3 Å². The number of amidine groups is 1. The average Bonchev–Trinajstić information content (AvgIpc) is 2.64. The van der Waals surface area contributed by atoms with Crippen molar-refractivity contribution in [1.82, 2.24) is 4.90 Å². The molecule has 0 unspecified atom stereocenters. The number of carbonyl (C=O) groups excluding carboxylic acids is 1. The first-order valence-corrected chi connectivity index (χ1v) is 5.88. The minimum atomic E-state index is -0.351. The van der Waals surface area contributed by atoms with Gasteiger partial charge in [-0.25, -0.2) is 4.79 Å². The highest BCUT2D eigenvalue weighted by Crippen LogP contribution is 2.15. The number of nitrogens with zero attached hydrogens (tertiary/aromatic N) is 2. The topological polar surface area (TPSA) is 44.7 Å². The number of amides is 2. The predicted octanol–water partition coefficient (Wildman–Crippen LogP) is 3.00. The maximum atomic E-state index is 11.7. The van der Waals surface area contributed by atoms with Gasteiger partial charge in [-0.3, -0.25) is 0 Å². The van der Waals surface area contributed by atoms with Crippen molar-refractivity contribution in [3.63, 3.8) is 0 Å². The summed E-state index contributed by atoms with van der Waals surface area (Å²) in [5, 5.41) is 3.28. The van der Waals surface area contributed by atoms with E-state index in [9.17, 15) is 4.79 Å². The molecular formula is C12H14ClN3O. The van der Waals surface area contributed by atoms with Crippen molar-refractivity contribution >= 4 is 29.2 Å². The highest BCUT2D eigenvalue weighted by atomic mass is 35.5. The van der Waals surface area contributed by atoms with Crippen LogP contribution in [0.25, 0.3) is 0 Å². The SMILES string of the molecule is CN1CCCC1=NC(=O)Nc1cccc(Cl)c1. The van der Waals surface area contributed by atoms with Crippen LogP contribution in [0.5, 0.6) is 0 Å². The zero-order chi connectivity index (χ0) is 12.3. The number of anilines is 1. The second-order valence-electron chi connectivity index (χ2n) is 3.99. The lowest BCUT2D eigenvalue weighted by Crippen LogP contribution is -2.21. The van der Waals surface area contributed by atoms with Crippen LogP contribution < -0.4 is 5.32 Å². The summed E-state index contributed by atoms with van der Waals surface area (Å²) in [6.07, 6.45) is 1.92. The molecule has 1 saturated heterocycles. The molecule has 2 amide bonds. The number of halogens is 1. The van der Waals surface area contributed by atoms with Gasteiger partial charge in [0.05, 0.1) is 0 Å². The van der Waals surface area contributed by atoms with Gasteiger partial charge in [0.25, 0.3) is 0 Å². The van der Waals surface area contributed by atoms with Gasteiger partial charge in [-0.15, -0.1) is 0 Å². The molecule has 90 valence electrons. The molecule has 0 spiro atoms. The van der Waals surface area contributed by atoms with Gasteiger partial charge in [0.2, 0.25) is 0 Å². The van der Waals surface area contributed by atoms with Gasteiger partial charge in [-0.2, -0.15) is 4.99 Å². The van der Waals surface area contributed by atoms with Crippen molar-refractivity contribution in [2.45, 2.75) is 12.8 Å². The molecule has 1 fully saturated rings. The molecule has 1 N–H and O–H groups in total. The Bertz CT molecular complexity index is 459. The normalized spacial score (nSPS) is 17.5. The molecule has 0 saturated carbocycles. The number of hydrogen-bond acceptors (Lipinski definition) is 1. The molecule has 1 heterocycles. The number of nitrogens with one attached hydrogen (secondary N) is 1. The van der Waals surface area contributed by atoms with Crippen molar-refractivity contribution in [2.24, 2.45) is 4.99 Å². The summed E-state index contributed by atoms with van der Waals surface area (Å²) >= 11 is 5.83. The Hall–Kier alpha value is -1.55. The number of urea groups is 1. The van der Waals surface area contributed by atoms with E-state index in [0.717, 1.165) is 25.2 Å². The molecule has 4 nitrogen and oxygen atoms in total. The van der Waals surface area contributed by atoms with E-state index in [4.69, 9.17) is 11.6 Å². The highest BCUT2D eigenvalue weighted by molar-refractivity contribution is 6.30. The van der Waals surface area contributed by atoms with E-state index < -0.39 is 0 Å². The van der Waals surface area contributed by atoms with Crippen molar-refractivity contribution in [3.8, 4) is 0 Å². The monoisotopic (exact) mass is 251 g/mol. The van der Waals surface area contributed by atoms with Crippen molar-refractivity contribution in [2.75, 3.05) is 18.9 Å². The van der Waals surface area contributed by atoms with Crippen molar-refractivity contribution < 1.29 is 4.79 Å². The zero-order valence-electron chi connectivity index (χ0n) is 9.61. The number of hydrogen-bond donors (Lipinski definition) is 1. The Balaban J connectivity index is 2.02. The summed E-state index contributed by atoms with van der Waals surface area (Å²) in [7, 11) is 1.94. The number of carbonyl (C=O) groups is 1. The minimum Gasteiger partial charge on any atom is -0.363 e. The molecule has 0 radical (unpaired) electrons. The van der Waals surface area contributed by atoms with Gasteiger partial charge in [0.15, 0.2) is 0 Å². The van der Waals surface area contributed by atoms with E-state index >= 15 is 0 Å². The van der Waals surface area contributed by atoms with E-state index in [1.165, 1.54) is 0 Å². The summed E-state index contributed by atoms with van der Waals surface area (Å²) in [4.78, 5) is 17.7. The van der Waals surface area contributed by atoms with Gasteiger partial charge < -0.3 is 10.2 Å². The number of likely N-dealkylation sites (tertiary alicyclic amines) is 1. The quantitative estimate of drug-likeness (QED) is 0.834. The van der Waals surface area contributed by atoms with Crippen LogP contribution in [0.2, 0.25) is 5.02 Å². The molecule has 1 aliphatic heterocycles. The lowest BCUT2D eigenvalue weighted by molar-refractivity contribution is 0.259. The van der Waals surface area contributed by atoms with Crippen LogP contribution in [0.3, 0.4) is 0 Å². The number of benzene rings is 1. The first-order valence-electron chi connectivity index (χ1n) is 5.50. The maximum Gasteiger partial charge on any atom is 0.347 e. The average molecular weight is 252 g/mol. The molecule has 5 heteroatoms. The maximum absolute atomic E-state index is 11.7. The molecule has 17 heavy (non-hydrogen) atoms. The Morgan fingerprint density at radius 2 is 2.35 bits per heavy atom. The summed E-state index contributed by atoms with van der Waals surface area (Å²) in [5.41, 5.74) is 0.660. The Labute approximate surface area is 105 Å². The smallest absolute Gasteiger partial charge is 0.347 e. The zero-order valence-corrected chi connectivity index (χ0v) is 10.4. The van der Waals surface area contributed by atoms with E-state index in [1.54, 1.807) is 24.3 Å². The van der Waals surface area contributed by atoms with Crippen LogP contribution in [0.4, 0.5) is 10.5 Å². The lowest BCUT2D eigenvalue weighted by atomic mass is 10.3. The summed E-state index contributed by atoms with van der Waals surface area (Å²) in [6.45, 7) is 0.962. The first kappa shape index (κ1) is 11.9. The van der Waals surface area contributed by atoms with Gasteiger partial charge in [0.1, 0.15) is 5.84 Å². The fourth-order valence-corrected chi connectivity index (χ4v) is 1.96. The molecule has 0 aliphatic carbocycles. The third-order valence-corrected chi connectivity index (χ3v) is 2.88. The fraction of sp³-hybridized carbons (Fsp3) is 0.333. The van der Waals surface area contributed by atoms with Crippen molar-refractivity contribution in [3.05, 3.63) is 29.3 Å².